The summed E-state index contributed by atoms with van der Waals surface area (Å²) in [4.78, 5) is 0. The molecule has 0 spiro atoms. The zero-order valence-corrected chi connectivity index (χ0v) is 42.3. The van der Waals surface area contributed by atoms with E-state index in [2.05, 4.69) is 107 Å². The summed E-state index contributed by atoms with van der Waals surface area (Å²) >= 11 is 0. The molecule has 4 rings (SSSR count). The second kappa shape index (κ2) is 33.9. The van der Waals surface area contributed by atoms with Gasteiger partial charge in [-0.25, -0.2) is 0 Å². The van der Waals surface area contributed by atoms with Crippen LogP contribution in [-0.4, -0.2) is 73.9 Å². The third-order valence-corrected chi connectivity index (χ3v) is 21.9. The van der Waals surface area contributed by atoms with Gasteiger partial charge in [0.1, 0.15) is 0 Å². The van der Waals surface area contributed by atoms with E-state index in [9.17, 15) is 0 Å². The Kier molecular flexibility index (Phi) is 37.1. The Labute approximate surface area is 347 Å². The Hall–Kier alpha value is 0.357. The first-order chi connectivity index (χ1) is 23.2. The predicted molar refractivity (Wildman–Crippen MR) is 247 cm³/mol. The molecule has 288 valence electrons. The van der Waals surface area contributed by atoms with E-state index in [0.29, 0.717) is 0 Å². The summed E-state index contributed by atoms with van der Waals surface area (Å²) in [7, 11) is 0.549. The van der Waals surface area contributed by atoms with Crippen molar-refractivity contribution in [3.05, 3.63) is 72.5 Å². The zero-order chi connectivity index (χ0) is 36.5. The Morgan fingerprint density at radius 2 is 0.680 bits per heavy atom. The molecule has 0 saturated heterocycles. The Morgan fingerprint density at radius 3 is 0.900 bits per heavy atom. The van der Waals surface area contributed by atoms with Crippen molar-refractivity contribution >= 4 is 64.0 Å². The maximum Gasteiger partial charge on any atom is 0 e. The van der Waals surface area contributed by atoms with Crippen LogP contribution < -0.4 is 0 Å². The van der Waals surface area contributed by atoms with Gasteiger partial charge in [-0.1, -0.05) is 0 Å². The molecule has 50 heavy (non-hydrogen) atoms. The quantitative estimate of drug-likeness (QED) is 0.0574. The molecule has 0 fully saturated rings. The molecule has 0 aliphatic heterocycles. The van der Waals surface area contributed by atoms with E-state index in [1.807, 2.05) is 36.4 Å². The third-order valence-electron chi connectivity index (χ3n) is 9.93. The van der Waals surface area contributed by atoms with Crippen LogP contribution in [0.1, 0.15) is 97.1 Å². The van der Waals surface area contributed by atoms with Gasteiger partial charge in [0, 0.05) is 45.0 Å². The van der Waals surface area contributed by atoms with Gasteiger partial charge in [-0.2, -0.15) is 0 Å². The molecule has 0 bridgehead atoms. The molecule has 6 heteroatoms. The second-order valence-corrected chi connectivity index (χ2v) is 26.6. The number of hydrogen-bond acceptors (Lipinski definition) is 0. The summed E-state index contributed by atoms with van der Waals surface area (Å²) < 4.78 is 0. The summed E-state index contributed by atoms with van der Waals surface area (Å²) in [5, 5.41) is 6.68. The van der Waals surface area contributed by atoms with Gasteiger partial charge in [-0.05, 0) is 115 Å². The minimum atomic E-state index is 0. The Balaban J connectivity index is -0.000000196. The van der Waals surface area contributed by atoms with Crippen LogP contribution in [0.3, 0.4) is 0 Å². The van der Waals surface area contributed by atoms with Crippen molar-refractivity contribution < 1.29 is 45.0 Å². The molecule has 0 amide bonds. The fourth-order valence-electron chi connectivity index (χ4n) is 6.02. The molecule has 0 aliphatic rings. The zero-order valence-electron chi connectivity index (χ0n) is 33.7. The summed E-state index contributed by atoms with van der Waals surface area (Å²) in [6.45, 7) is 27.7. The normalized spacial score (nSPS) is 10.2. The van der Waals surface area contributed by atoms with Crippen LogP contribution in [0, 0.1) is 24.7 Å². The summed E-state index contributed by atoms with van der Waals surface area (Å²) in [6, 6.07) is 16.1. The molecule has 4 aromatic carbocycles. The molecule has 0 heterocycles. The predicted octanol–water partition coefficient (Wildman–Crippen LogP) is 14.0. The second-order valence-electron chi connectivity index (χ2n) is 12.1. The average Bonchev–Trinajstić information content (AvgIpc) is 3.14. The van der Waals surface area contributed by atoms with E-state index in [-0.39, 0.29) is 76.7 Å². The fraction of sp³-hybridized carbons (Fsp3) is 0.545. The van der Waals surface area contributed by atoms with Crippen LogP contribution in [-0.2, 0) is 42.1 Å². The first kappa shape index (κ1) is 54.7. The Morgan fingerprint density at radius 1 is 0.440 bits per heavy atom. The minimum Gasteiger partial charge on any atom is 0 e. The SMILES string of the molecule is CC[PH+](CC)CC.CC[PH+](CC)CC.CC[PH+](CC)CC.CC[PH+](CC)CC.[C+]#Cc1ccc2ccc3ccc(C#[C-])c4ccc1c2c34.[HH].[HH].[Pt].[Pt]. The monoisotopic (exact) mass is 1120 g/mol. The van der Waals surface area contributed by atoms with E-state index in [1.165, 1.54) is 73.9 Å². The van der Waals surface area contributed by atoms with E-state index < -0.39 is 0 Å². The summed E-state index contributed by atoms with van der Waals surface area (Å²) in [5.74, 6) is 5.01. The molecule has 0 saturated carbocycles. The smallest absolute Gasteiger partial charge is 0 e. The van der Waals surface area contributed by atoms with Crippen LogP contribution in [0.2, 0.25) is 0 Å². The molecular formula is C44H76P4Pt2+4. The van der Waals surface area contributed by atoms with Gasteiger partial charge in [0.2, 0.25) is 0 Å². The molecule has 0 unspecified atom stereocenters. The molecule has 0 atom stereocenters. The summed E-state index contributed by atoms with van der Waals surface area (Å²) in [6.07, 6.45) is 32.4. The number of rotatable bonds is 12. The van der Waals surface area contributed by atoms with E-state index in [4.69, 9.17) is 12.8 Å². The van der Waals surface area contributed by atoms with E-state index >= 15 is 0 Å². The van der Waals surface area contributed by atoms with Crippen molar-refractivity contribution in [2.24, 2.45) is 0 Å². The van der Waals surface area contributed by atoms with Crippen LogP contribution in [0.5, 0.6) is 0 Å². The topological polar surface area (TPSA) is 0 Å². The van der Waals surface area contributed by atoms with Crippen molar-refractivity contribution in [2.45, 2.75) is 83.1 Å². The largest absolute Gasteiger partial charge is 0 e. The standard InChI is InChI=1S/C20H8.4C6H15P.2Pt.2H2/c1-3-13-5-7-15-9-10-16-8-6-14(4-2)18-12-11-17(13)19(15)20(16)18;4*1-4-7(5-2)6-3;;;;/h5-12H;4*4-6H2,1-3H3;;;2*1H/p+4. The van der Waals surface area contributed by atoms with Gasteiger partial charge >= 0.3 is 117 Å². The van der Waals surface area contributed by atoms with Gasteiger partial charge in [-0.3, -0.25) is 0 Å². The Bertz CT molecular complexity index is 1310. The molecule has 4 aromatic rings. The third kappa shape index (κ3) is 18.6. The molecule has 0 nitrogen and oxygen atoms in total. The number of hydrogen-bond donors (Lipinski definition) is 0. The van der Waals surface area contributed by atoms with Gasteiger partial charge in [-0.15, -0.1) is 0 Å². The molecule has 0 N–H and O–H groups in total. The van der Waals surface area contributed by atoms with Gasteiger partial charge in [0.05, 0.1) is 73.9 Å². The number of benzene rings is 4. The first-order valence-electron chi connectivity index (χ1n) is 19.1. The first-order valence-corrected chi connectivity index (χ1v) is 27.6. The summed E-state index contributed by atoms with van der Waals surface area (Å²) in [5.41, 5.74) is 1.60. The maximum atomic E-state index is 7.44. The minimum absolute atomic E-state index is 0. The van der Waals surface area contributed by atoms with Gasteiger partial charge in [0.25, 0.3) is 0 Å². The van der Waals surface area contributed by atoms with Crippen molar-refractivity contribution in [1.29, 1.82) is 0 Å². The van der Waals surface area contributed by atoms with E-state index in [0.717, 1.165) is 43.4 Å². The van der Waals surface area contributed by atoms with Gasteiger partial charge < -0.3 is 0 Å². The van der Waals surface area contributed by atoms with Crippen LogP contribution >= 0.6 is 31.7 Å². The molecule has 0 radical (unpaired) electrons. The molecule has 0 aromatic heterocycles. The molecule has 0 aliphatic carbocycles. The molecular weight excluding hydrogens is 1040 g/mol. The fourth-order valence-corrected chi connectivity index (χ4v) is 12.0. The van der Waals surface area contributed by atoms with Crippen molar-refractivity contribution in [2.75, 3.05) is 73.9 Å². The maximum absolute atomic E-state index is 7.44. The van der Waals surface area contributed by atoms with Crippen molar-refractivity contribution in [3.8, 4) is 11.8 Å². The van der Waals surface area contributed by atoms with E-state index in [1.54, 1.807) is 0 Å². The average molecular weight is 1120 g/mol. The van der Waals surface area contributed by atoms with Gasteiger partial charge in [0.15, 0.2) is 0 Å². The van der Waals surface area contributed by atoms with Crippen LogP contribution in [0.4, 0.5) is 0 Å². The van der Waals surface area contributed by atoms with Crippen molar-refractivity contribution in [1.82, 2.24) is 0 Å². The van der Waals surface area contributed by atoms with Crippen LogP contribution in [0.25, 0.3) is 32.3 Å². The van der Waals surface area contributed by atoms with Crippen LogP contribution in [0.15, 0.2) is 48.5 Å². The van der Waals surface area contributed by atoms with Crippen molar-refractivity contribution in [3.63, 3.8) is 0 Å².